The summed E-state index contributed by atoms with van der Waals surface area (Å²) in [6.07, 6.45) is 2.58. The minimum Gasteiger partial charge on any atom is -0.340 e. The van der Waals surface area contributed by atoms with Crippen LogP contribution in [0.4, 0.5) is 21.6 Å². The molecule has 0 spiro atoms. The maximum atomic E-state index is 14.0. The number of fused-ring (bicyclic) bond motifs is 1. The smallest absolute Gasteiger partial charge is 0.229 e. The lowest BCUT2D eigenvalue weighted by atomic mass is 9.89. The lowest BCUT2D eigenvalue weighted by Crippen LogP contribution is -2.53. The molecule has 196 valence electrons. The molecule has 2 heterocycles. The Morgan fingerprint density at radius 1 is 1.16 bits per heavy atom. The molecule has 4 rings (SSSR count). The number of sulfonamides is 1. The largest absolute Gasteiger partial charge is 0.340 e. The fourth-order valence-corrected chi connectivity index (χ4v) is 5.77. The first-order valence-electron chi connectivity index (χ1n) is 11.7. The summed E-state index contributed by atoms with van der Waals surface area (Å²) in [5.41, 5.74) is 2.61. The third kappa shape index (κ3) is 6.28. The van der Waals surface area contributed by atoms with Gasteiger partial charge in [-0.2, -0.15) is 5.26 Å². The van der Waals surface area contributed by atoms with Crippen molar-refractivity contribution in [2.75, 3.05) is 49.0 Å². The van der Waals surface area contributed by atoms with Crippen LogP contribution in [0.15, 0.2) is 36.7 Å². The SMILES string of the molecule is CC(C)(c1cc2ncnc(Nc3ccc(F)c(CI)c3)c2cc1NS(C)(=O)=O)N1CCN(CC#N)CC1. The molecule has 0 unspecified atom stereocenters. The number of rotatable bonds is 8. The minimum absolute atomic E-state index is 0.271. The Labute approximate surface area is 230 Å². The van der Waals surface area contributed by atoms with Gasteiger partial charge in [-0.3, -0.25) is 14.5 Å². The Morgan fingerprint density at radius 2 is 1.89 bits per heavy atom. The highest BCUT2D eigenvalue weighted by molar-refractivity contribution is 14.1. The van der Waals surface area contributed by atoms with Crippen LogP contribution >= 0.6 is 22.6 Å². The van der Waals surface area contributed by atoms with Gasteiger partial charge in [0, 0.05) is 47.2 Å². The van der Waals surface area contributed by atoms with Gasteiger partial charge in [-0.05, 0) is 55.3 Å². The molecule has 1 aromatic heterocycles. The summed E-state index contributed by atoms with van der Waals surface area (Å²) in [6.45, 7) is 7.51. The van der Waals surface area contributed by atoms with Crippen molar-refractivity contribution in [3.63, 3.8) is 0 Å². The van der Waals surface area contributed by atoms with Crippen LogP contribution in [-0.2, 0) is 20.0 Å². The molecular weight excluding hydrogens is 608 g/mol. The van der Waals surface area contributed by atoms with Crippen molar-refractivity contribution in [1.29, 1.82) is 5.26 Å². The molecule has 0 atom stereocenters. The average Bonchev–Trinajstić information content (AvgIpc) is 2.84. The van der Waals surface area contributed by atoms with Crippen molar-refractivity contribution in [3.8, 4) is 6.07 Å². The minimum atomic E-state index is -3.58. The van der Waals surface area contributed by atoms with Gasteiger partial charge in [0.05, 0.1) is 30.1 Å². The van der Waals surface area contributed by atoms with E-state index in [1.165, 1.54) is 12.4 Å². The summed E-state index contributed by atoms with van der Waals surface area (Å²) < 4.78 is 41.9. The molecule has 2 aromatic carbocycles. The van der Waals surface area contributed by atoms with Crippen molar-refractivity contribution >= 4 is 60.7 Å². The number of nitrogens with one attached hydrogen (secondary N) is 2. The molecule has 1 aliphatic rings. The molecule has 2 N–H and O–H groups in total. The van der Waals surface area contributed by atoms with Gasteiger partial charge in [0.2, 0.25) is 10.0 Å². The topological polar surface area (TPSA) is 114 Å². The molecule has 1 saturated heterocycles. The molecule has 0 bridgehead atoms. The van der Waals surface area contributed by atoms with Crippen molar-refractivity contribution < 1.29 is 12.8 Å². The van der Waals surface area contributed by atoms with Gasteiger partial charge >= 0.3 is 0 Å². The Bertz CT molecular complexity index is 1450. The first kappa shape index (κ1) is 27.4. The van der Waals surface area contributed by atoms with E-state index in [0.29, 0.717) is 44.6 Å². The molecule has 9 nitrogen and oxygen atoms in total. The molecule has 12 heteroatoms. The number of hydrogen-bond donors (Lipinski definition) is 2. The second kappa shape index (κ2) is 11.0. The van der Waals surface area contributed by atoms with E-state index in [1.807, 2.05) is 6.07 Å². The average molecular weight is 638 g/mol. The zero-order valence-corrected chi connectivity index (χ0v) is 23.9. The fraction of sp³-hybridized carbons (Fsp3) is 0.400. The number of hydrogen-bond acceptors (Lipinski definition) is 8. The van der Waals surface area contributed by atoms with Gasteiger partial charge in [-0.25, -0.2) is 22.8 Å². The van der Waals surface area contributed by atoms with Crippen molar-refractivity contribution in [3.05, 3.63) is 53.6 Å². The molecule has 1 fully saturated rings. The van der Waals surface area contributed by atoms with Crippen LogP contribution in [0.1, 0.15) is 25.0 Å². The van der Waals surface area contributed by atoms with E-state index >= 15 is 0 Å². The van der Waals surface area contributed by atoms with E-state index in [-0.39, 0.29) is 5.82 Å². The first-order chi connectivity index (χ1) is 17.5. The predicted molar refractivity (Wildman–Crippen MR) is 152 cm³/mol. The van der Waals surface area contributed by atoms with Gasteiger partial charge < -0.3 is 5.32 Å². The highest BCUT2D eigenvalue weighted by Crippen LogP contribution is 2.38. The summed E-state index contributed by atoms with van der Waals surface area (Å²) >= 11 is 2.11. The first-order valence-corrected chi connectivity index (χ1v) is 15.2. The number of anilines is 3. The third-order valence-electron chi connectivity index (χ3n) is 6.64. The number of nitriles is 1. The van der Waals surface area contributed by atoms with Crippen LogP contribution in [0, 0.1) is 17.1 Å². The Hall–Kier alpha value is -2.60. The molecule has 0 aliphatic carbocycles. The number of piperazine rings is 1. The van der Waals surface area contributed by atoms with Crippen LogP contribution in [-0.4, -0.2) is 67.2 Å². The third-order valence-corrected chi connectivity index (χ3v) is 8.05. The standard InChI is InChI=1S/C25H29FIN7O2S/c1-25(2,34-10-8-33(7-6-28)9-11-34)20-14-22-19(13-23(20)32-37(3,35)36)24(30-16-29-22)31-18-4-5-21(26)17(12-18)15-27/h4-5,12-14,16,32H,7-11,15H2,1-3H3,(H,29,30,31). The fourth-order valence-electron chi connectivity index (χ4n) is 4.62. The van der Waals surface area contributed by atoms with Crippen LogP contribution in [0.2, 0.25) is 0 Å². The summed E-state index contributed by atoms with van der Waals surface area (Å²) in [6, 6.07) is 10.6. The molecule has 3 aromatic rings. The van der Waals surface area contributed by atoms with E-state index < -0.39 is 15.6 Å². The number of aromatic nitrogens is 2. The number of nitrogens with zero attached hydrogens (tertiary/aromatic N) is 5. The Morgan fingerprint density at radius 3 is 2.54 bits per heavy atom. The van der Waals surface area contributed by atoms with Gasteiger partial charge in [-0.15, -0.1) is 0 Å². The lowest BCUT2D eigenvalue weighted by molar-refractivity contribution is 0.0562. The summed E-state index contributed by atoms with van der Waals surface area (Å²) in [5.74, 6) is 0.217. The van der Waals surface area contributed by atoms with E-state index in [2.05, 4.69) is 72.3 Å². The molecule has 37 heavy (non-hydrogen) atoms. The highest BCUT2D eigenvalue weighted by Gasteiger charge is 2.34. The monoisotopic (exact) mass is 637 g/mol. The number of alkyl halides is 1. The molecular formula is C25H29FIN7O2S. The van der Waals surface area contributed by atoms with Crippen LogP contribution in [0.25, 0.3) is 10.9 Å². The van der Waals surface area contributed by atoms with E-state index in [9.17, 15) is 12.8 Å². The van der Waals surface area contributed by atoms with Gasteiger partial charge in [0.15, 0.2) is 0 Å². The van der Waals surface area contributed by atoms with E-state index in [1.54, 1.807) is 18.2 Å². The molecule has 0 radical (unpaired) electrons. The predicted octanol–water partition coefficient (Wildman–Crippen LogP) is 4.20. The van der Waals surface area contributed by atoms with Crippen LogP contribution in [0.5, 0.6) is 0 Å². The van der Waals surface area contributed by atoms with Gasteiger partial charge in [0.25, 0.3) is 0 Å². The van der Waals surface area contributed by atoms with Crippen LogP contribution < -0.4 is 10.0 Å². The second-order valence-corrected chi connectivity index (χ2v) is 12.1. The number of benzene rings is 2. The van der Waals surface area contributed by atoms with Gasteiger partial charge in [0.1, 0.15) is 18.0 Å². The quantitative estimate of drug-likeness (QED) is 0.215. The summed E-state index contributed by atoms with van der Waals surface area (Å²) in [5, 5.41) is 12.9. The summed E-state index contributed by atoms with van der Waals surface area (Å²) in [4.78, 5) is 13.3. The maximum absolute atomic E-state index is 14.0. The van der Waals surface area contributed by atoms with Crippen molar-refractivity contribution in [1.82, 2.24) is 19.8 Å². The van der Waals surface area contributed by atoms with Crippen molar-refractivity contribution in [2.24, 2.45) is 0 Å². The van der Waals surface area contributed by atoms with Crippen LogP contribution in [0.3, 0.4) is 0 Å². The Balaban J connectivity index is 1.76. The second-order valence-electron chi connectivity index (χ2n) is 9.56. The molecule has 0 saturated carbocycles. The normalized spacial score (nSPS) is 15.5. The van der Waals surface area contributed by atoms with E-state index in [0.717, 1.165) is 38.0 Å². The zero-order valence-electron chi connectivity index (χ0n) is 20.9. The number of halogens is 2. The summed E-state index contributed by atoms with van der Waals surface area (Å²) in [7, 11) is -3.58. The zero-order chi connectivity index (χ0) is 26.8. The Kier molecular flexibility index (Phi) is 8.17. The lowest BCUT2D eigenvalue weighted by Gasteiger charge is -2.44. The molecule has 0 amide bonds. The van der Waals surface area contributed by atoms with Gasteiger partial charge in [-0.1, -0.05) is 22.6 Å². The highest BCUT2D eigenvalue weighted by atomic mass is 127. The van der Waals surface area contributed by atoms with Crippen molar-refractivity contribution in [2.45, 2.75) is 23.8 Å². The molecule has 1 aliphatic heterocycles. The van der Waals surface area contributed by atoms with E-state index in [4.69, 9.17) is 5.26 Å². The maximum Gasteiger partial charge on any atom is 0.229 e.